The van der Waals surface area contributed by atoms with Gasteiger partial charge in [-0.05, 0) is 31.0 Å². The molecule has 1 fully saturated rings. The predicted octanol–water partition coefficient (Wildman–Crippen LogP) is 0.729. The van der Waals surface area contributed by atoms with Gasteiger partial charge in [-0.2, -0.15) is 0 Å². The maximum absolute atomic E-state index is 11.2. The van der Waals surface area contributed by atoms with Crippen molar-refractivity contribution in [2.75, 3.05) is 24.2 Å². The van der Waals surface area contributed by atoms with Crippen LogP contribution in [-0.4, -0.2) is 26.5 Å². The van der Waals surface area contributed by atoms with Gasteiger partial charge >= 0.3 is 0 Å². The Bertz CT molecular complexity index is 524. The molecule has 5 N–H and O–H groups in total. The summed E-state index contributed by atoms with van der Waals surface area (Å²) in [6.45, 7) is 1.97. The van der Waals surface area contributed by atoms with Crippen LogP contribution >= 0.6 is 0 Å². The number of nitrogens with one attached hydrogen (secondary N) is 1. The highest BCUT2D eigenvalue weighted by Gasteiger charge is 2.14. The third-order valence-corrected chi connectivity index (χ3v) is 3.94. The van der Waals surface area contributed by atoms with Crippen molar-refractivity contribution < 1.29 is 8.42 Å². The summed E-state index contributed by atoms with van der Waals surface area (Å²) in [4.78, 5) is -0.0355. The van der Waals surface area contributed by atoms with Gasteiger partial charge in [0.25, 0.3) is 0 Å². The van der Waals surface area contributed by atoms with Crippen molar-refractivity contribution in [1.29, 1.82) is 0 Å². The molecule has 2 rings (SSSR count). The van der Waals surface area contributed by atoms with Crippen molar-refractivity contribution in [3.05, 3.63) is 18.2 Å². The molecule has 100 valence electrons. The zero-order valence-corrected chi connectivity index (χ0v) is 10.9. The second-order valence-corrected chi connectivity index (χ2v) is 5.99. The van der Waals surface area contributed by atoms with Crippen molar-refractivity contribution in [1.82, 2.24) is 5.01 Å². The smallest absolute Gasteiger partial charge is 0.240 e. The van der Waals surface area contributed by atoms with E-state index in [9.17, 15) is 8.42 Å². The average Bonchev–Trinajstić information content (AvgIpc) is 2.28. The molecule has 0 atom stereocenters. The number of sulfonamides is 1. The Morgan fingerprint density at radius 1 is 1.17 bits per heavy atom. The standard InChI is InChI=1S/C11H18N4O2S/c12-10-8-9(4-5-11(10)18(13,16)17)14-15-6-2-1-3-7-15/h4-5,8,14H,1-3,6-7,12H2,(H2,13,16,17). The number of hydrogen-bond acceptors (Lipinski definition) is 5. The number of rotatable bonds is 3. The highest BCUT2D eigenvalue weighted by molar-refractivity contribution is 7.89. The van der Waals surface area contributed by atoms with Crippen LogP contribution < -0.4 is 16.3 Å². The van der Waals surface area contributed by atoms with Gasteiger partial charge in [0.15, 0.2) is 0 Å². The highest BCUT2D eigenvalue weighted by atomic mass is 32.2. The topological polar surface area (TPSA) is 101 Å². The number of nitrogen functional groups attached to an aromatic ring is 1. The van der Waals surface area contributed by atoms with E-state index in [0.717, 1.165) is 31.6 Å². The molecule has 0 aliphatic carbocycles. The summed E-state index contributed by atoms with van der Waals surface area (Å²) in [5.74, 6) is 0. The van der Waals surface area contributed by atoms with E-state index in [-0.39, 0.29) is 10.6 Å². The van der Waals surface area contributed by atoms with Gasteiger partial charge in [0.1, 0.15) is 4.90 Å². The molecule has 1 aliphatic heterocycles. The fourth-order valence-corrected chi connectivity index (χ4v) is 2.71. The van der Waals surface area contributed by atoms with E-state index in [4.69, 9.17) is 10.9 Å². The molecule has 0 unspecified atom stereocenters. The van der Waals surface area contributed by atoms with Crippen LogP contribution in [0.5, 0.6) is 0 Å². The van der Waals surface area contributed by atoms with Crippen molar-refractivity contribution in [3.8, 4) is 0 Å². The number of nitrogens with zero attached hydrogens (tertiary/aromatic N) is 1. The zero-order valence-electron chi connectivity index (χ0n) is 10.1. The third-order valence-electron chi connectivity index (χ3n) is 2.96. The molecule has 1 aromatic carbocycles. The molecule has 7 heteroatoms. The summed E-state index contributed by atoms with van der Waals surface area (Å²) in [5.41, 5.74) is 9.86. The molecule has 1 aromatic rings. The first kappa shape index (κ1) is 13.1. The van der Waals surface area contributed by atoms with E-state index >= 15 is 0 Å². The summed E-state index contributed by atoms with van der Waals surface area (Å²) < 4.78 is 22.4. The first-order valence-corrected chi connectivity index (χ1v) is 7.45. The van der Waals surface area contributed by atoms with E-state index in [0.29, 0.717) is 0 Å². The number of nitrogens with two attached hydrogens (primary N) is 2. The molecule has 0 bridgehead atoms. The quantitative estimate of drug-likeness (QED) is 0.703. The van der Waals surface area contributed by atoms with Crippen molar-refractivity contribution in [2.45, 2.75) is 24.2 Å². The molecule has 0 radical (unpaired) electrons. The van der Waals surface area contributed by atoms with E-state index in [1.54, 1.807) is 12.1 Å². The number of hydrazine groups is 1. The van der Waals surface area contributed by atoms with Crippen LogP contribution in [0, 0.1) is 0 Å². The first-order chi connectivity index (χ1) is 8.47. The van der Waals surface area contributed by atoms with Crippen LogP contribution in [0.3, 0.4) is 0 Å². The molecule has 0 aromatic heterocycles. The molecule has 6 nitrogen and oxygen atoms in total. The lowest BCUT2D eigenvalue weighted by Gasteiger charge is -2.28. The summed E-state index contributed by atoms with van der Waals surface area (Å²) >= 11 is 0. The van der Waals surface area contributed by atoms with E-state index in [2.05, 4.69) is 10.4 Å². The molecule has 0 spiro atoms. The second kappa shape index (κ2) is 5.13. The fourth-order valence-electron chi connectivity index (χ4n) is 2.07. The molecule has 1 aliphatic rings. The minimum absolute atomic E-state index is 0.0355. The summed E-state index contributed by atoms with van der Waals surface area (Å²) in [7, 11) is -3.75. The Labute approximate surface area is 107 Å². The van der Waals surface area contributed by atoms with Gasteiger partial charge in [-0.15, -0.1) is 0 Å². The highest BCUT2D eigenvalue weighted by Crippen LogP contribution is 2.22. The molecule has 1 heterocycles. The number of anilines is 2. The summed E-state index contributed by atoms with van der Waals surface area (Å²) in [5, 5.41) is 7.16. The van der Waals surface area contributed by atoms with Crippen LogP contribution in [0.25, 0.3) is 0 Å². The van der Waals surface area contributed by atoms with Gasteiger partial charge in [0.05, 0.1) is 11.4 Å². The Hall–Kier alpha value is -1.31. The van der Waals surface area contributed by atoms with Gasteiger partial charge in [-0.25, -0.2) is 18.6 Å². The van der Waals surface area contributed by atoms with Crippen LogP contribution in [-0.2, 0) is 10.0 Å². The van der Waals surface area contributed by atoms with Crippen molar-refractivity contribution >= 4 is 21.4 Å². The lowest BCUT2D eigenvalue weighted by molar-refractivity contribution is 0.273. The van der Waals surface area contributed by atoms with Gasteiger partial charge < -0.3 is 11.2 Å². The lowest BCUT2D eigenvalue weighted by Crippen LogP contribution is -2.34. The largest absolute Gasteiger partial charge is 0.398 e. The maximum atomic E-state index is 11.2. The second-order valence-electron chi connectivity index (χ2n) is 4.46. The molecular formula is C11H18N4O2S. The molecule has 1 saturated heterocycles. The minimum atomic E-state index is -3.75. The van der Waals surface area contributed by atoms with Crippen LogP contribution in [0.1, 0.15) is 19.3 Å². The summed E-state index contributed by atoms with van der Waals surface area (Å²) in [6.07, 6.45) is 3.58. The Morgan fingerprint density at radius 3 is 2.39 bits per heavy atom. The molecule has 18 heavy (non-hydrogen) atoms. The normalized spacial score (nSPS) is 17.6. The lowest BCUT2D eigenvalue weighted by atomic mass is 10.2. The van der Waals surface area contributed by atoms with Crippen LogP contribution in [0.15, 0.2) is 23.1 Å². The van der Waals surface area contributed by atoms with Gasteiger partial charge in [0, 0.05) is 13.1 Å². The number of piperidine rings is 1. The van der Waals surface area contributed by atoms with E-state index in [1.807, 2.05) is 0 Å². The van der Waals surface area contributed by atoms with Gasteiger partial charge in [0.2, 0.25) is 10.0 Å². The van der Waals surface area contributed by atoms with Crippen molar-refractivity contribution in [3.63, 3.8) is 0 Å². The fraction of sp³-hybridized carbons (Fsp3) is 0.455. The van der Waals surface area contributed by atoms with E-state index in [1.165, 1.54) is 12.5 Å². The number of hydrogen-bond donors (Lipinski definition) is 3. The van der Waals surface area contributed by atoms with E-state index < -0.39 is 10.0 Å². The zero-order chi connectivity index (χ0) is 13.2. The predicted molar refractivity (Wildman–Crippen MR) is 71.3 cm³/mol. The number of benzene rings is 1. The molecular weight excluding hydrogens is 252 g/mol. The monoisotopic (exact) mass is 270 g/mol. The van der Waals surface area contributed by atoms with Crippen LogP contribution in [0.2, 0.25) is 0 Å². The SMILES string of the molecule is Nc1cc(NN2CCCCC2)ccc1S(N)(=O)=O. The Kier molecular flexibility index (Phi) is 3.74. The minimum Gasteiger partial charge on any atom is -0.398 e. The van der Waals surface area contributed by atoms with Gasteiger partial charge in [-0.1, -0.05) is 6.42 Å². The first-order valence-electron chi connectivity index (χ1n) is 5.91. The molecule has 0 saturated carbocycles. The van der Waals surface area contributed by atoms with Crippen molar-refractivity contribution in [2.24, 2.45) is 5.14 Å². The Balaban J connectivity index is 2.13. The van der Waals surface area contributed by atoms with Gasteiger partial charge in [-0.3, -0.25) is 0 Å². The third kappa shape index (κ3) is 3.12. The van der Waals surface area contributed by atoms with Crippen LogP contribution in [0.4, 0.5) is 11.4 Å². The molecule has 0 amide bonds. The maximum Gasteiger partial charge on any atom is 0.240 e. The summed E-state index contributed by atoms with van der Waals surface area (Å²) in [6, 6.07) is 4.69. The number of primary sulfonamides is 1. The average molecular weight is 270 g/mol. The Morgan fingerprint density at radius 2 is 1.83 bits per heavy atom.